The van der Waals surface area contributed by atoms with Crippen LogP contribution >= 0.6 is 0 Å². The molecular weight excluding hydrogens is 306 g/mol. The zero-order valence-corrected chi connectivity index (χ0v) is 14.5. The molecule has 1 N–H and O–H groups in total. The molecule has 1 unspecified atom stereocenters. The lowest BCUT2D eigenvalue weighted by atomic mass is 10.0. The fraction of sp³-hybridized carbons (Fsp3) is 0.444. The van der Waals surface area contributed by atoms with Crippen LogP contribution in [-0.2, 0) is 11.2 Å². The Bertz CT molecular complexity index is 799. The van der Waals surface area contributed by atoms with Gasteiger partial charge in [0.05, 0.1) is 17.4 Å². The minimum absolute atomic E-state index is 0.0492. The lowest BCUT2D eigenvalue weighted by molar-refractivity contribution is 0.0155. The Kier molecular flexibility index (Phi) is 3.99. The summed E-state index contributed by atoms with van der Waals surface area (Å²) in [5.74, 6) is 0. The van der Waals surface area contributed by atoms with E-state index >= 15 is 0 Å². The second kappa shape index (κ2) is 5.85. The van der Waals surface area contributed by atoms with Gasteiger partial charge in [0.25, 0.3) is 5.56 Å². The van der Waals surface area contributed by atoms with E-state index in [1.807, 2.05) is 58.0 Å². The molecule has 6 heteroatoms. The number of nitrogens with zero attached hydrogens (tertiary/aromatic N) is 2. The highest BCUT2D eigenvalue weighted by Gasteiger charge is 2.34. The van der Waals surface area contributed by atoms with Crippen LogP contribution in [0.5, 0.6) is 0 Å². The molecule has 2 heterocycles. The Morgan fingerprint density at radius 1 is 1.25 bits per heavy atom. The molecule has 0 aliphatic carbocycles. The summed E-state index contributed by atoms with van der Waals surface area (Å²) in [5.41, 5.74) is 1.72. The maximum Gasteiger partial charge on any atom is 0.410 e. The number of hydrogen-bond acceptors (Lipinski definition) is 3. The monoisotopic (exact) mass is 329 g/mol. The third-order valence-electron chi connectivity index (χ3n) is 4.15. The van der Waals surface area contributed by atoms with E-state index in [1.54, 1.807) is 9.58 Å². The number of para-hydroxylation sites is 1. The largest absolute Gasteiger partial charge is 0.444 e. The van der Waals surface area contributed by atoms with Gasteiger partial charge in [0.15, 0.2) is 0 Å². The van der Waals surface area contributed by atoms with E-state index in [2.05, 4.69) is 5.10 Å². The number of rotatable bonds is 1. The second-order valence-electron chi connectivity index (χ2n) is 7.08. The molecule has 0 saturated carbocycles. The summed E-state index contributed by atoms with van der Waals surface area (Å²) in [5, 5.41) is 3.17. The number of ether oxygens (including phenoxy) is 1. The van der Waals surface area contributed by atoms with Crippen molar-refractivity contribution in [3.63, 3.8) is 0 Å². The van der Waals surface area contributed by atoms with Crippen molar-refractivity contribution in [3.05, 3.63) is 51.9 Å². The van der Waals surface area contributed by atoms with Gasteiger partial charge in [-0.2, -0.15) is 0 Å². The number of aromatic nitrogens is 2. The molecule has 24 heavy (non-hydrogen) atoms. The molecule has 1 amide bonds. The van der Waals surface area contributed by atoms with Gasteiger partial charge in [-0.05, 0) is 46.2 Å². The molecular formula is C18H23N3O3. The molecule has 1 aliphatic rings. The van der Waals surface area contributed by atoms with Gasteiger partial charge in [0, 0.05) is 12.1 Å². The molecule has 3 rings (SSSR count). The minimum atomic E-state index is -0.541. The first-order valence-corrected chi connectivity index (χ1v) is 8.17. The Morgan fingerprint density at radius 2 is 1.92 bits per heavy atom. The quantitative estimate of drug-likeness (QED) is 0.874. The summed E-state index contributed by atoms with van der Waals surface area (Å²) >= 11 is 0. The molecule has 0 fully saturated rings. The van der Waals surface area contributed by atoms with Crippen LogP contribution in [0.4, 0.5) is 4.79 Å². The first kappa shape index (κ1) is 16.4. The summed E-state index contributed by atoms with van der Waals surface area (Å²) in [7, 11) is 0. The zero-order chi connectivity index (χ0) is 17.5. The van der Waals surface area contributed by atoms with Crippen molar-refractivity contribution >= 4 is 6.09 Å². The van der Waals surface area contributed by atoms with E-state index < -0.39 is 5.60 Å². The first-order valence-electron chi connectivity index (χ1n) is 8.17. The van der Waals surface area contributed by atoms with Crippen LogP contribution in [0.15, 0.2) is 35.1 Å². The van der Waals surface area contributed by atoms with E-state index in [0.717, 1.165) is 16.9 Å². The van der Waals surface area contributed by atoms with Crippen molar-refractivity contribution in [2.75, 3.05) is 6.54 Å². The van der Waals surface area contributed by atoms with Crippen molar-refractivity contribution in [1.82, 2.24) is 14.7 Å². The van der Waals surface area contributed by atoms with Crippen molar-refractivity contribution in [3.8, 4) is 5.69 Å². The Hall–Kier alpha value is -2.50. The number of carbonyl (C=O) groups is 1. The van der Waals surface area contributed by atoms with Gasteiger partial charge >= 0.3 is 6.09 Å². The smallest absolute Gasteiger partial charge is 0.410 e. The molecule has 1 atom stereocenters. The van der Waals surface area contributed by atoms with Gasteiger partial charge in [-0.25, -0.2) is 9.48 Å². The maximum atomic E-state index is 12.7. The van der Waals surface area contributed by atoms with Gasteiger partial charge < -0.3 is 4.74 Å². The predicted molar refractivity (Wildman–Crippen MR) is 91.4 cm³/mol. The Labute approximate surface area is 141 Å². The Morgan fingerprint density at radius 3 is 2.54 bits per heavy atom. The molecule has 2 aromatic rings. The lowest BCUT2D eigenvalue weighted by Crippen LogP contribution is -2.42. The molecule has 1 aromatic heterocycles. The average molecular weight is 329 g/mol. The van der Waals surface area contributed by atoms with Gasteiger partial charge in [0.2, 0.25) is 0 Å². The molecule has 0 saturated heterocycles. The highest BCUT2D eigenvalue weighted by Crippen LogP contribution is 2.28. The highest BCUT2D eigenvalue weighted by atomic mass is 16.6. The molecule has 6 nitrogen and oxygen atoms in total. The normalized spacial score (nSPS) is 17.5. The number of nitrogens with one attached hydrogen (secondary N) is 1. The van der Waals surface area contributed by atoms with E-state index in [1.165, 1.54) is 0 Å². The van der Waals surface area contributed by atoms with E-state index in [4.69, 9.17) is 4.74 Å². The standard InChI is InChI=1S/C18H23N3O3/c1-12-15-14(10-11-20(12)17(23)24-18(2,3)4)16(22)21(19-15)13-8-6-5-7-9-13/h5-9,12,19H,10-11H2,1-4H3. The van der Waals surface area contributed by atoms with Gasteiger partial charge in [0.1, 0.15) is 5.60 Å². The van der Waals surface area contributed by atoms with Crippen molar-refractivity contribution in [1.29, 1.82) is 0 Å². The van der Waals surface area contributed by atoms with E-state index in [9.17, 15) is 9.59 Å². The molecule has 1 aliphatic heterocycles. The molecule has 0 radical (unpaired) electrons. The zero-order valence-electron chi connectivity index (χ0n) is 14.5. The third kappa shape index (κ3) is 2.96. The fourth-order valence-corrected chi connectivity index (χ4v) is 2.99. The number of aromatic amines is 1. The van der Waals surface area contributed by atoms with E-state index in [0.29, 0.717) is 13.0 Å². The first-order chi connectivity index (χ1) is 11.3. The lowest BCUT2D eigenvalue weighted by Gasteiger charge is -2.34. The summed E-state index contributed by atoms with van der Waals surface area (Å²) < 4.78 is 7.01. The number of fused-ring (bicyclic) bond motifs is 1. The highest BCUT2D eigenvalue weighted by molar-refractivity contribution is 5.69. The van der Waals surface area contributed by atoms with Crippen LogP contribution in [0, 0.1) is 0 Å². The molecule has 128 valence electrons. The minimum Gasteiger partial charge on any atom is -0.444 e. The van der Waals surface area contributed by atoms with Crippen LogP contribution in [0.2, 0.25) is 0 Å². The number of carbonyl (C=O) groups excluding carboxylic acids is 1. The molecule has 0 spiro atoms. The number of H-pyrrole nitrogens is 1. The maximum absolute atomic E-state index is 12.7. The summed E-state index contributed by atoms with van der Waals surface area (Å²) in [6.07, 6.45) is 0.169. The summed E-state index contributed by atoms with van der Waals surface area (Å²) in [6, 6.07) is 9.20. The van der Waals surface area contributed by atoms with E-state index in [-0.39, 0.29) is 17.7 Å². The van der Waals surface area contributed by atoms with Crippen LogP contribution in [0.25, 0.3) is 5.69 Å². The van der Waals surface area contributed by atoms with Crippen molar-refractivity contribution in [2.24, 2.45) is 0 Å². The van der Waals surface area contributed by atoms with Crippen molar-refractivity contribution in [2.45, 2.75) is 45.8 Å². The van der Waals surface area contributed by atoms with Crippen LogP contribution in [0.1, 0.15) is 45.0 Å². The Balaban J connectivity index is 1.93. The molecule has 1 aromatic carbocycles. The summed E-state index contributed by atoms with van der Waals surface area (Å²) in [4.78, 5) is 26.7. The van der Waals surface area contributed by atoms with Crippen LogP contribution < -0.4 is 5.56 Å². The number of amides is 1. The van der Waals surface area contributed by atoms with Crippen LogP contribution in [-0.4, -0.2) is 32.9 Å². The van der Waals surface area contributed by atoms with Crippen LogP contribution in [0.3, 0.4) is 0 Å². The van der Waals surface area contributed by atoms with Gasteiger partial charge in [-0.3, -0.25) is 14.8 Å². The number of hydrogen-bond donors (Lipinski definition) is 1. The average Bonchev–Trinajstić information content (AvgIpc) is 2.85. The summed E-state index contributed by atoms with van der Waals surface area (Å²) in [6.45, 7) is 7.92. The second-order valence-corrected chi connectivity index (χ2v) is 7.08. The van der Waals surface area contributed by atoms with Gasteiger partial charge in [-0.15, -0.1) is 0 Å². The topological polar surface area (TPSA) is 67.3 Å². The fourth-order valence-electron chi connectivity index (χ4n) is 2.99. The van der Waals surface area contributed by atoms with Gasteiger partial charge in [-0.1, -0.05) is 18.2 Å². The van der Waals surface area contributed by atoms with Crippen molar-refractivity contribution < 1.29 is 9.53 Å². The predicted octanol–water partition coefficient (Wildman–Crippen LogP) is 3.02. The third-order valence-corrected chi connectivity index (χ3v) is 4.15. The SMILES string of the molecule is CC1c2[nH]n(-c3ccccc3)c(=O)c2CCN1C(=O)OC(C)(C)C. The molecule has 0 bridgehead atoms. The number of benzene rings is 1.